The van der Waals surface area contributed by atoms with Gasteiger partial charge in [0.1, 0.15) is 6.54 Å². The molecule has 1 aromatic heterocycles. The van der Waals surface area contributed by atoms with Crippen LogP contribution in [0.3, 0.4) is 0 Å². The van der Waals surface area contributed by atoms with Crippen LogP contribution in [0.5, 0.6) is 0 Å². The van der Waals surface area contributed by atoms with E-state index < -0.39 is 0 Å². The molecule has 6 rings (SSSR count). The number of ether oxygens (including phenoxy) is 1. The van der Waals surface area contributed by atoms with Gasteiger partial charge in [0.05, 0.1) is 18.2 Å². The third kappa shape index (κ3) is 3.39. The van der Waals surface area contributed by atoms with Gasteiger partial charge in [-0.15, -0.1) is 11.8 Å². The van der Waals surface area contributed by atoms with Gasteiger partial charge < -0.3 is 9.64 Å². The van der Waals surface area contributed by atoms with Gasteiger partial charge in [-0.3, -0.25) is 14.2 Å². The van der Waals surface area contributed by atoms with Crippen LogP contribution in [0.1, 0.15) is 35.6 Å². The number of fused-ring (bicyclic) bond motifs is 6. The molecule has 0 spiro atoms. The second-order valence-corrected chi connectivity index (χ2v) is 11.7. The maximum atomic E-state index is 13.1. The van der Waals surface area contributed by atoms with Gasteiger partial charge in [-0.1, -0.05) is 35.1 Å². The number of rotatable bonds is 3. The van der Waals surface area contributed by atoms with Crippen LogP contribution >= 0.6 is 34.7 Å². The van der Waals surface area contributed by atoms with Crippen LogP contribution in [0.2, 0.25) is 5.02 Å². The number of aromatic nitrogens is 1. The first-order valence-electron chi connectivity index (χ1n) is 11.1. The predicted molar refractivity (Wildman–Crippen MR) is 123 cm³/mol. The summed E-state index contributed by atoms with van der Waals surface area (Å²) < 4.78 is 7.13. The first kappa shape index (κ1) is 20.3. The van der Waals surface area contributed by atoms with Gasteiger partial charge in [-0.2, -0.15) is 0 Å². The van der Waals surface area contributed by atoms with Crippen LogP contribution in [0.25, 0.3) is 0 Å². The Labute approximate surface area is 194 Å². The number of carbonyl (C=O) groups is 1. The second kappa shape index (κ2) is 7.94. The summed E-state index contributed by atoms with van der Waals surface area (Å²) in [5.74, 6) is 2.27. The Balaban J connectivity index is 1.40. The SMILES string of the molecule is O=C(Cn1c2c(sc1=O)C(c1ccc(Cl)cc1)C1C3CCC(C3)C1S2)N1CCOCC1. The Kier molecular flexibility index (Phi) is 5.21. The number of hydrogen-bond donors (Lipinski definition) is 0. The molecule has 1 amide bonds. The zero-order valence-electron chi connectivity index (χ0n) is 17.2. The molecule has 3 fully saturated rings. The van der Waals surface area contributed by atoms with Gasteiger partial charge in [0.15, 0.2) is 0 Å². The van der Waals surface area contributed by atoms with E-state index in [0.29, 0.717) is 37.5 Å². The van der Waals surface area contributed by atoms with Crippen molar-refractivity contribution in [3.8, 4) is 0 Å². The fourth-order valence-electron chi connectivity index (χ4n) is 6.18. The number of nitrogens with zero attached hydrogens (tertiary/aromatic N) is 2. The zero-order valence-corrected chi connectivity index (χ0v) is 19.6. The van der Waals surface area contributed by atoms with E-state index in [1.807, 2.05) is 28.8 Å². The smallest absolute Gasteiger partial charge is 0.308 e. The maximum absolute atomic E-state index is 13.1. The highest BCUT2D eigenvalue weighted by atomic mass is 35.5. The number of hydrogen-bond acceptors (Lipinski definition) is 5. The van der Waals surface area contributed by atoms with Crippen LogP contribution in [0.4, 0.5) is 0 Å². The highest BCUT2D eigenvalue weighted by Crippen LogP contribution is 2.64. The van der Waals surface area contributed by atoms with Crippen molar-refractivity contribution in [3.63, 3.8) is 0 Å². The number of carbonyl (C=O) groups excluding carboxylic acids is 1. The van der Waals surface area contributed by atoms with Crippen molar-refractivity contribution in [2.24, 2.45) is 17.8 Å². The molecule has 2 saturated carbocycles. The van der Waals surface area contributed by atoms with E-state index >= 15 is 0 Å². The molecule has 2 bridgehead atoms. The minimum Gasteiger partial charge on any atom is -0.378 e. The minimum atomic E-state index is -0.00890. The molecule has 8 heteroatoms. The van der Waals surface area contributed by atoms with Gasteiger partial charge in [0.25, 0.3) is 0 Å². The van der Waals surface area contributed by atoms with Crippen molar-refractivity contribution in [1.82, 2.24) is 9.47 Å². The van der Waals surface area contributed by atoms with Gasteiger partial charge in [-0.05, 0) is 54.7 Å². The molecule has 5 unspecified atom stereocenters. The highest BCUT2D eigenvalue weighted by molar-refractivity contribution is 8.00. The molecule has 5 nitrogen and oxygen atoms in total. The van der Waals surface area contributed by atoms with Crippen molar-refractivity contribution in [3.05, 3.63) is 49.4 Å². The summed E-state index contributed by atoms with van der Waals surface area (Å²) in [6, 6.07) is 8.18. The monoisotopic (exact) mass is 476 g/mol. The molecule has 31 heavy (non-hydrogen) atoms. The second-order valence-electron chi connectivity index (χ2n) is 9.14. The Morgan fingerprint density at radius 1 is 1.13 bits per heavy atom. The number of benzene rings is 1. The van der Waals surface area contributed by atoms with Gasteiger partial charge >= 0.3 is 4.87 Å². The molecule has 1 aromatic carbocycles. The van der Waals surface area contributed by atoms with Crippen molar-refractivity contribution in [2.75, 3.05) is 26.3 Å². The number of morpholine rings is 1. The molecule has 0 radical (unpaired) electrons. The average Bonchev–Trinajstić information content (AvgIpc) is 3.48. The average molecular weight is 477 g/mol. The van der Waals surface area contributed by atoms with Gasteiger partial charge in [0, 0.05) is 34.2 Å². The van der Waals surface area contributed by atoms with E-state index in [2.05, 4.69) is 12.1 Å². The molecular formula is C23H25ClN2O3S2. The normalized spacial score (nSPS) is 31.5. The molecule has 2 aliphatic carbocycles. The molecule has 1 saturated heterocycles. The molecule has 5 atom stereocenters. The van der Waals surface area contributed by atoms with E-state index in [9.17, 15) is 9.59 Å². The molecule has 164 valence electrons. The lowest BCUT2D eigenvalue weighted by molar-refractivity contribution is -0.136. The zero-order chi connectivity index (χ0) is 21.1. The van der Waals surface area contributed by atoms with Gasteiger partial charge in [-0.25, -0.2) is 0 Å². The summed E-state index contributed by atoms with van der Waals surface area (Å²) in [6.45, 7) is 2.49. The van der Waals surface area contributed by atoms with E-state index in [0.717, 1.165) is 26.8 Å². The molecule has 2 aliphatic heterocycles. The molecular weight excluding hydrogens is 452 g/mol. The van der Waals surface area contributed by atoms with E-state index in [1.54, 1.807) is 4.57 Å². The van der Waals surface area contributed by atoms with Crippen molar-refractivity contribution in [1.29, 1.82) is 0 Å². The number of thiazole rings is 1. The van der Waals surface area contributed by atoms with Crippen molar-refractivity contribution < 1.29 is 9.53 Å². The van der Waals surface area contributed by atoms with Gasteiger partial charge in [0.2, 0.25) is 5.91 Å². The lowest BCUT2D eigenvalue weighted by Crippen LogP contribution is -2.43. The van der Waals surface area contributed by atoms with E-state index in [-0.39, 0.29) is 23.2 Å². The van der Waals surface area contributed by atoms with Crippen molar-refractivity contribution >= 4 is 40.6 Å². The summed E-state index contributed by atoms with van der Waals surface area (Å²) in [7, 11) is 0. The molecule has 3 heterocycles. The quantitative estimate of drug-likeness (QED) is 0.670. The topological polar surface area (TPSA) is 51.5 Å². The summed E-state index contributed by atoms with van der Waals surface area (Å²) in [4.78, 5) is 29.0. The van der Waals surface area contributed by atoms with Crippen LogP contribution in [0, 0.1) is 17.8 Å². The Hall–Kier alpha value is -1.28. The summed E-state index contributed by atoms with van der Waals surface area (Å²) >= 11 is 9.41. The van der Waals surface area contributed by atoms with Crippen LogP contribution in [0.15, 0.2) is 34.1 Å². The molecule has 2 aromatic rings. The van der Waals surface area contributed by atoms with E-state index in [1.165, 1.54) is 36.2 Å². The Bertz CT molecular complexity index is 1060. The van der Waals surface area contributed by atoms with Crippen LogP contribution in [-0.2, 0) is 16.1 Å². The summed E-state index contributed by atoms with van der Waals surface area (Å²) in [5.41, 5.74) is 1.25. The van der Waals surface area contributed by atoms with Crippen LogP contribution in [-0.4, -0.2) is 46.9 Å². The van der Waals surface area contributed by atoms with Crippen molar-refractivity contribution in [2.45, 2.75) is 42.0 Å². The number of thioether (sulfide) groups is 1. The predicted octanol–water partition coefficient (Wildman–Crippen LogP) is 4.07. The largest absolute Gasteiger partial charge is 0.378 e. The first-order chi connectivity index (χ1) is 15.1. The molecule has 0 N–H and O–H groups in total. The number of halogens is 1. The number of amides is 1. The lowest BCUT2D eigenvalue weighted by atomic mass is 9.75. The standard InChI is InChI=1S/C23H25ClN2O3S2/c24-16-5-3-13(4-6-16)18-19-14-1-2-15(11-14)20(19)30-22-21(18)31-23(28)26(22)12-17(27)25-7-9-29-10-8-25/h3-6,14-15,18-20H,1-2,7-12H2. The lowest BCUT2D eigenvalue weighted by Gasteiger charge is -2.40. The minimum absolute atomic E-state index is 0.00890. The maximum Gasteiger partial charge on any atom is 0.308 e. The Morgan fingerprint density at radius 3 is 2.65 bits per heavy atom. The fourth-order valence-corrected chi connectivity index (χ4v) is 9.46. The first-order valence-corrected chi connectivity index (χ1v) is 13.2. The fraction of sp³-hybridized carbons (Fsp3) is 0.565. The highest BCUT2D eigenvalue weighted by Gasteiger charge is 2.55. The van der Waals surface area contributed by atoms with E-state index in [4.69, 9.17) is 16.3 Å². The molecule has 4 aliphatic rings. The van der Waals surface area contributed by atoms with Crippen LogP contribution < -0.4 is 4.87 Å². The third-order valence-corrected chi connectivity index (χ3v) is 10.7. The summed E-state index contributed by atoms with van der Waals surface area (Å²) in [5, 5.41) is 2.30. The Morgan fingerprint density at radius 2 is 1.87 bits per heavy atom. The third-order valence-electron chi connectivity index (χ3n) is 7.58. The summed E-state index contributed by atoms with van der Waals surface area (Å²) in [6.07, 6.45) is 3.90.